The number of nitrogens with zero attached hydrogens (tertiary/aromatic N) is 4. The zero-order chi connectivity index (χ0) is 24.1. The number of hydrogen-bond donors (Lipinski definition) is 2. The summed E-state index contributed by atoms with van der Waals surface area (Å²) in [5.41, 5.74) is 2.54. The molecule has 0 atom stereocenters. The third-order valence-corrected chi connectivity index (χ3v) is 5.99. The number of halogens is 1. The number of methoxy groups -OCH3 is 1. The van der Waals surface area contributed by atoms with Crippen molar-refractivity contribution in [3.63, 3.8) is 0 Å². The van der Waals surface area contributed by atoms with Gasteiger partial charge in [0.15, 0.2) is 5.82 Å². The van der Waals surface area contributed by atoms with Gasteiger partial charge in [-0.15, -0.1) is 0 Å². The van der Waals surface area contributed by atoms with Gasteiger partial charge in [0.2, 0.25) is 0 Å². The molecule has 1 saturated heterocycles. The van der Waals surface area contributed by atoms with Crippen LogP contribution in [0, 0.1) is 5.82 Å². The lowest BCUT2D eigenvalue weighted by molar-refractivity contribution is 0.0932. The van der Waals surface area contributed by atoms with E-state index in [0.29, 0.717) is 48.6 Å². The molecule has 2 aromatic heterocycles. The number of amides is 1. The Hall–Kier alpha value is -3.37. The van der Waals surface area contributed by atoms with Gasteiger partial charge in [0, 0.05) is 51.9 Å². The van der Waals surface area contributed by atoms with Gasteiger partial charge in [-0.1, -0.05) is 13.0 Å². The highest BCUT2D eigenvalue weighted by molar-refractivity contribution is 5.92. The van der Waals surface area contributed by atoms with Crippen molar-refractivity contribution >= 4 is 22.6 Å². The van der Waals surface area contributed by atoms with Crippen molar-refractivity contribution in [2.45, 2.75) is 19.9 Å². The van der Waals surface area contributed by atoms with E-state index in [1.165, 1.54) is 0 Å². The first-order chi connectivity index (χ1) is 16.5. The minimum absolute atomic E-state index is 0.163. The first kappa shape index (κ1) is 23.8. The summed E-state index contributed by atoms with van der Waals surface area (Å²) in [6, 6.07) is 7.12. The summed E-state index contributed by atoms with van der Waals surface area (Å²) >= 11 is 0. The molecule has 1 fully saturated rings. The molecule has 3 heterocycles. The van der Waals surface area contributed by atoms with E-state index in [1.807, 2.05) is 13.0 Å². The number of H-pyrrole nitrogens is 1. The smallest absolute Gasteiger partial charge is 0.270 e. The van der Waals surface area contributed by atoms with Crippen LogP contribution in [0.2, 0.25) is 0 Å². The molecule has 0 saturated carbocycles. The Morgan fingerprint density at radius 3 is 2.68 bits per heavy atom. The largest absolute Gasteiger partial charge is 0.383 e. The number of rotatable bonds is 8. The number of benzene rings is 1. The summed E-state index contributed by atoms with van der Waals surface area (Å²) in [5.74, 6) is -0.649. The van der Waals surface area contributed by atoms with Crippen LogP contribution in [0.1, 0.15) is 28.7 Å². The summed E-state index contributed by atoms with van der Waals surface area (Å²) in [4.78, 5) is 39.7. The number of hydrogen-bond acceptors (Lipinski definition) is 7. The number of piperazine rings is 1. The second kappa shape index (κ2) is 10.7. The number of aromatic nitrogens is 3. The van der Waals surface area contributed by atoms with E-state index in [1.54, 1.807) is 31.5 Å². The van der Waals surface area contributed by atoms with Gasteiger partial charge in [0.25, 0.3) is 11.5 Å². The SMILES string of the molecule is CCc1nc2ccc(CN3CCN(c4ccc(C(=O)NCCOC)nc4)CC3)c(F)c2[nH]c1=O. The maximum Gasteiger partial charge on any atom is 0.270 e. The van der Waals surface area contributed by atoms with Crippen LogP contribution in [0.5, 0.6) is 0 Å². The molecule has 34 heavy (non-hydrogen) atoms. The normalized spacial score (nSPS) is 14.5. The predicted octanol–water partition coefficient (Wildman–Crippen LogP) is 1.72. The summed E-state index contributed by atoms with van der Waals surface area (Å²) in [6.07, 6.45) is 2.20. The third kappa shape index (κ3) is 5.23. The zero-order valence-electron chi connectivity index (χ0n) is 19.4. The standard InChI is InChI=1S/C24H29FN6O3/c1-3-18-24(33)29-22-19(28-18)6-4-16(21(22)25)15-30-9-11-31(12-10-30)17-5-7-20(27-14-17)23(32)26-8-13-34-2/h4-7,14H,3,8-13,15H2,1-2H3,(H,26,32)(H,29,33). The quantitative estimate of drug-likeness (QED) is 0.485. The van der Waals surface area contributed by atoms with Gasteiger partial charge < -0.3 is 19.9 Å². The van der Waals surface area contributed by atoms with Crippen LogP contribution in [-0.4, -0.2) is 72.2 Å². The highest BCUT2D eigenvalue weighted by Gasteiger charge is 2.20. The van der Waals surface area contributed by atoms with Gasteiger partial charge in [0.05, 0.1) is 24.0 Å². The summed E-state index contributed by atoms with van der Waals surface area (Å²) < 4.78 is 20.0. The number of carbonyl (C=O) groups is 1. The summed E-state index contributed by atoms with van der Waals surface area (Å²) in [6.45, 7) is 6.20. The van der Waals surface area contributed by atoms with Crippen molar-refractivity contribution in [3.05, 3.63) is 63.6 Å². The predicted molar refractivity (Wildman–Crippen MR) is 128 cm³/mol. The molecule has 9 nitrogen and oxygen atoms in total. The maximum absolute atomic E-state index is 15.1. The number of carbonyl (C=O) groups excluding carboxylic acids is 1. The molecule has 1 aliphatic heterocycles. The molecule has 0 radical (unpaired) electrons. The number of fused-ring (bicyclic) bond motifs is 1. The van der Waals surface area contributed by atoms with E-state index in [9.17, 15) is 9.59 Å². The number of ether oxygens (including phenoxy) is 1. The Kier molecular flexibility index (Phi) is 7.49. The van der Waals surface area contributed by atoms with E-state index < -0.39 is 5.82 Å². The molecule has 0 bridgehead atoms. The minimum atomic E-state index is -0.421. The molecule has 1 amide bonds. The van der Waals surface area contributed by atoms with Gasteiger partial charge in [-0.25, -0.2) is 14.4 Å². The van der Waals surface area contributed by atoms with Crippen LogP contribution in [-0.2, 0) is 17.7 Å². The molecule has 4 rings (SSSR count). The van der Waals surface area contributed by atoms with E-state index in [2.05, 4.69) is 30.1 Å². The van der Waals surface area contributed by atoms with E-state index in [4.69, 9.17) is 4.74 Å². The van der Waals surface area contributed by atoms with Crippen LogP contribution in [0.3, 0.4) is 0 Å². The summed E-state index contributed by atoms with van der Waals surface area (Å²) in [5, 5.41) is 2.75. The lowest BCUT2D eigenvalue weighted by atomic mass is 10.1. The minimum Gasteiger partial charge on any atom is -0.383 e. The van der Waals surface area contributed by atoms with Gasteiger partial charge in [-0.05, 0) is 24.6 Å². The molecular weight excluding hydrogens is 439 g/mol. The van der Waals surface area contributed by atoms with Gasteiger partial charge in [-0.2, -0.15) is 0 Å². The van der Waals surface area contributed by atoms with Crippen LogP contribution in [0.15, 0.2) is 35.3 Å². The van der Waals surface area contributed by atoms with Crippen molar-refractivity contribution in [3.8, 4) is 0 Å². The fourth-order valence-corrected chi connectivity index (χ4v) is 4.03. The fourth-order valence-electron chi connectivity index (χ4n) is 4.03. The van der Waals surface area contributed by atoms with Crippen molar-refractivity contribution in [1.29, 1.82) is 0 Å². The fraction of sp³-hybridized carbons (Fsp3) is 0.417. The van der Waals surface area contributed by atoms with Crippen LogP contribution >= 0.6 is 0 Å². The summed E-state index contributed by atoms with van der Waals surface area (Å²) in [7, 11) is 1.58. The highest BCUT2D eigenvalue weighted by Crippen LogP contribution is 2.21. The number of pyridine rings is 1. The lowest BCUT2D eigenvalue weighted by Gasteiger charge is -2.36. The first-order valence-electron chi connectivity index (χ1n) is 11.4. The molecule has 1 aliphatic rings. The van der Waals surface area contributed by atoms with Crippen molar-refractivity contribution in [1.82, 2.24) is 25.2 Å². The van der Waals surface area contributed by atoms with Gasteiger partial charge in [-0.3, -0.25) is 14.5 Å². The number of aryl methyl sites for hydroxylation is 1. The Labute approximate surface area is 197 Å². The van der Waals surface area contributed by atoms with Gasteiger partial charge >= 0.3 is 0 Å². The monoisotopic (exact) mass is 468 g/mol. The topological polar surface area (TPSA) is 103 Å². The molecule has 180 valence electrons. The molecule has 3 aromatic rings. The second-order valence-corrected chi connectivity index (χ2v) is 8.21. The molecule has 0 spiro atoms. The zero-order valence-corrected chi connectivity index (χ0v) is 19.4. The average Bonchev–Trinajstić information content (AvgIpc) is 2.86. The average molecular weight is 469 g/mol. The van der Waals surface area contributed by atoms with Gasteiger partial charge in [0.1, 0.15) is 16.9 Å². The first-order valence-corrected chi connectivity index (χ1v) is 11.4. The van der Waals surface area contributed by atoms with E-state index in [0.717, 1.165) is 31.9 Å². The molecule has 0 unspecified atom stereocenters. The molecule has 10 heteroatoms. The third-order valence-electron chi connectivity index (χ3n) is 5.99. The second-order valence-electron chi connectivity index (χ2n) is 8.21. The Morgan fingerprint density at radius 2 is 2.00 bits per heavy atom. The molecule has 2 N–H and O–H groups in total. The number of nitrogens with one attached hydrogen (secondary N) is 2. The Bertz CT molecular complexity index is 1210. The van der Waals surface area contributed by atoms with E-state index in [-0.39, 0.29) is 17.0 Å². The van der Waals surface area contributed by atoms with E-state index >= 15 is 4.39 Å². The highest BCUT2D eigenvalue weighted by atomic mass is 19.1. The molecule has 0 aliphatic carbocycles. The maximum atomic E-state index is 15.1. The Morgan fingerprint density at radius 1 is 1.21 bits per heavy atom. The lowest BCUT2D eigenvalue weighted by Crippen LogP contribution is -2.46. The van der Waals surface area contributed by atoms with Crippen LogP contribution in [0.4, 0.5) is 10.1 Å². The number of anilines is 1. The van der Waals surface area contributed by atoms with Crippen LogP contribution in [0.25, 0.3) is 11.0 Å². The van der Waals surface area contributed by atoms with Crippen molar-refractivity contribution in [2.24, 2.45) is 0 Å². The van der Waals surface area contributed by atoms with Crippen molar-refractivity contribution < 1.29 is 13.9 Å². The Balaban J connectivity index is 1.36. The molecular formula is C24H29FN6O3. The van der Waals surface area contributed by atoms with Crippen molar-refractivity contribution in [2.75, 3.05) is 51.3 Å². The molecule has 1 aromatic carbocycles. The van der Waals surface area contributed by atoms with Crippen LogP contribution < -0.4 is 15.8 Å². The number of aromatic amines is 1.